The fraction of sp³-hybridized carbons (Fsp3) is 0.235. The Bertz CT molecular complexity index is 838. The average molecular weight is 294 g/mol. The molecule has 0 unspecified atom stereocenters. The highest BCUT2D eigenvalue weighted by Crippen LogP contribution is 2.19. The van der Waals surface area contributed by atoms with Gasteiger partial charge in [-0.3, -0.25) is 9.20 Å². The van der Waals surface area contributed by atoms with Crippen LogP contribution in [0, 0.1) is 13.8 Å². The van der Waals surface area contributed by atoms with Gasteiger partial charge >= 0.3 is 0 Å². The van der Waals surface area contributed by atoms with Crippen LogP contribution in [0.15, 0.2) is 42.6 Å². The van der Waals surface area contributed by atoms with Gasteiger partial charge in [0, 0.05) is 24.0 Å². The number of hydrogen-bond donors (Lipinski definition) is 0. The Morgan fingerprint density at radius 2 is 2.00 bits per heavy atom. The molecule has 5 nitrogen and oxygen atoms in total. The van der Waals surface area contributed by atoms with Gasteiger partial charge in [-0.2, -0.15) is 0 Å². The fourth-order valence-corrected chi connectivity index (χ4v) is 2.54. The van der Waals surface area contributed by atoms with E-state index in [1.807, 2.05) is 61.7 Å². The van der Waals surface area contributed by atoms with Gasteiger partial charge in [-0.1, -0.05) is 12.1 Å². The predicted octanol–water partition coefficient (Wildman–Crippen LogP) is 3.01. The monoisotopic (exact) mass is 294 g/mol. The van der Waals surface area contributed by atoms with Gasteiger partial charge in [-0.25, -0.2) is 0 Å². The molecule has 2 aromatic heterocycles. The lowest BCUT2D eigenvalue weighted by Gasteiger charge is -2.21. The number of amides is 1. The van der Waals surface area contributed by atoms with Crippen molar-refractivity contribution in [3.63, 3.8) is 0 Å². The van der Waals surface area contributed by atoms with E-state index in [2.05, 4.69) is 10.2 Å². The molecular weight excluding hydrogens is 276 g/mol. The maximum atomic E-state index is 12.8. The highest BCUT2D eigenvalue weighted by Gasteiger charge is 2.17. The number of nitrogens with zero attached hydrogens (tertiary/aromatic N) is 4. The van der Waals surface area contributed by atoms with E-state index in [0.29, 0.717) is 17.8 Å². The molecule has 2 heterocycles. The van der Waals surface area contributed by atoms with Crippen molar-refractivity contribution in [3.8, 4) is 0 Å². The van der Waals surface area contributed by atoms with Crippen LogP contribution in [-0.2, 0) is 0 Å². The van der Waals surface area contributed by atoms with E-state index < -0.39 is 0 Å². The molecule has 5 heteroatoms. The van der Waals surface area contributed by atoms with E-state index in [0.717, 1.165) is 17.1 Å². The minimum atomic E-state index is -0.0312. The molecule has 0 aliphatic carbocycles. The molecule has 3 rings (SSSR count). The Kier molecular flexibility index (Phi) is 3.63. The number of benzene rings is 1. The number of carbonyl (C=O) groups excluding carboxylic acids is 1. The van der Waals surface area contributed by atoms with Crippen molar-refractivity contribution >= 4 is 17.2 Å². The second kappa shape index (κ2) is 5.60. The van der Waals surface area contributed by atoms with Gasteiger partial charge in [-0.15, -0.1) is 10.2 Å². The molecule has 22 heavy (non-hydrogen) atoms. The third-order valence-corrected chi connectivity index (χ3v) is 3.70. The molecule has 0 fully saturated rings. The maximum absolute atomic E-state index is 12.8. The minimum Gasteiger partial charge on any atom is -0.309 e. The first-order valence-electron chi connectivity index (χ1n) is 7.30. The first kappa shape index (κ1) is 14.3. The van der Waals surface area contributed by atoms with Gasteiger partial charge in [0.25, 0.3) is 5.91 Å². The van der Waals surface area contributed by atoms with Crippen molar-refractivity contribution in [3.05, 3.63) is 59.5 Å². The van der Waals surface area contributed by atoms with E-state index in [-0.39, 0.29) is 5.91 Å². The molecule has 112 valence electrons. The summed E-state index contributed by atoms with van der Waals surface area (Å²) in [4.78, 5) is 14.6. The first-order chi connectivity index (χ1) is 10.6. The second-order valence-electron chi connectivity index (χ2n) is 5.28. The summed E-state index contributed by atoms with van der Waals surface area (Å²) < 4.78 is 1.86. The number of hydrogen-bond acceptors (Lipinski definition) is 3. The molecule has 0 saturated heterocycles. The number of fused-ring (bicyclic) bond motifs is 1. The quantitative estimate of drug-likeness (QED) is 0.746. The van der Waals surface area contributed by atoms with Gasteiger partial charge in [0.05, 0.1) is 0 Å². The van der Waals surface area contributed by atoms with Crippen LogP contribution < -0.4 is 4.90 Å². The van der Waals surface area contributed by atoms with Crippen LogP contribution in [0.5, 0.6) is 0 Å². The van der Waals surface area contributed by atoms with Crippen LogP contribution >= 0.6 is 0 Å². The molecule has 0 radical (unpaired) electrons. The zero-order chi connectivity index (χ0) is 15.7. The second-order valence-corrected chi connectivity index (χ2v) is 5.28. The SMILES string of the molecule is CCN(C(=O)c1ccn2c(C)nnc2c1)c1cccc(C)c1. The van der Waals surface area contributed by atoms with E-state index in [4.69, 9.17) is 0 Å². The van der Waals surface area contributed by atoms with Crippen molar-refractivity contribution in [1.82, 2.24) is 14.6 Å². The smallest absolute Gasteiger partial charge is 0.258 e. The Hall–Kier alpha value is -2.69. The Morgan fingerprint density at radius 3 is 2.73 bits per heavy atom. The lowest BCUT2D eigenvalue weighted by atomic mass is 10.1. The molecule has 0 bridgehead atoms. The summed E-state index contributed by atoms with van der Waals surface area (Å²) in [5.74, 6) is 0.774. The molecule has 0 saturated carbocycles. The lowest BCUT2D eigenvalue weighted by molar-refractivity contribution is 0.0988. The number of anilines is 1. The largest absolute Gasteiger partial charge is 0.309 e. The number of carbonyl (C=O) groups is 1. The van der Waals surface area contributed by atoms with Gasteiger partial charge < -0.3 is 4.90 Å². The van der Waals surface area contributed by atoms with Gasteiger partial charge in [0.1, 0.15) is 5.82 Å². The first-order valence-corrected chi connectivity index (χ1v) is 7.30. The summed E-state index contributed by atoms with van der Waals surface area (Å²) in [6.45, 7) is 6.48. The van der Waals surface area contributed by atoms with E-state index >= 15 is 0 Å². The van der Waals surface area contributed by atoms with Crippen molar-refractivity contribution in [1.29, 1.82) is 0 Å². The summed E-state index contributed by atoms with van der Waals surface area (Å²) in [5, 5.41) is 8.09. The molecular formula is C17H18N4O. The molecule has 0 aliphatic rings. The summed E-state index contributed by atoms with van der Waals surface area (Å²) in [7, 11) is 0. The summed E-state index contributed by atoms with van der Waals surface area (Å²) in [6.07, 6.45) is 1.84. The van der Waals surface area contributed by atoms with E-state index in [9.17, 15) is 4.79 Å². The van der Waals surface area contributed by atoms with Crippen LogP contribution in [0.3, 0.4) is 0 Å². The number of aryl methyl sites for hydroxylation is 2. The molecule has 0 aliphatic heterocycles. The Labute approximate surface area is 129 Å². The Balaban J connectivity index is 1.99. The molecule has 1 aromatic carbocycles. The standard InChI is InChI=1S/C17H18N4O/c1-4-20(15-7-5-6-12(2)10-15)17(22)14-8-9-21-13(3)18-19-16(21)11-14/h5-11H,4H2,1-3H3. The zero-order valence-corrected chi connectivity index (χ0v) is 12.9. The van der Waals surface area contributed by atoms with Crippen molar-refractivity contribution in [2.24, 2.45) is 0 Å². The van der Waals surface area contributed by atoms with Gasteiger partial charge in [-0.05, 0) is 50.6 Å². The molecule has 0 N–H and O–H groups in total. The summed E-state index contributed by atoms with van der Waals surface area (Å²) >= 11 is 0. The van der Waals surface area contributed by atoms with Crippen LogP contribution in [0.4, 0.5) is 5.69 Å². The van der Waals surface area contributed by atoms with Crippen LogP contribution in [-0.4, -0.2) is 27.0 Å². The average Bonchev–Trinajstić information content (AvgIpc) is 2.89. The molecule has 1 amide bonds. The highest BCUT2D eigenvalue weighted by molar-refractivity contribution is 6.06. The molecule has 0 atom stereocenters. The van der Waals surface area contributed by atoms with E-state index in [1.54, 1.807) is 11.0 Å². The maximum Gasteiger partial charge on any atom is 0.258 e. The fourth-order valence-electron chi connectivity index (χ4n) is 2.54. The van der Waals surface area contributed by atoms with Crippen LogP contribution in [0.25, 0.3) is 5.65 Å². The van der Waals surface area contributed by atoms with Gasteiger partial charge in [0.15, 0.2) is 5.65 Å². The highest BCUT2D eigenvalue weighted by atomic mass is 16.2. The minimum absolute atomic E-state index is 0.0312. The zero-order valence-electron chi connectivity index (χ0n) is 12.9. The topological polar surface area (TPSA) is 50.5 Å². The summed E-state index contributed by atoms with van der Waals surface area (Å²) in [6, 6.07) is 11.5. The third kappa shape index (κ3) is 2.45. The van der Waals surface area contributed by atoms with E-state index in [1.165, 1.54) is 0 Å². The number of aromatic nitrogens is 3. The predicted molar refractivity (Wildman–Crippen MR) is 86.3 cm³/mol. The van der Waals surface area contributed by atoms with Crippen LogP contribution in [0.1, 0.15) is 28.7 Å². The third-order valence-electron chi connectivity index (χ3n) is 3.70. The normalized spacial score (nSPS) is 10.9. The van der Waals surface area contributed by atoms with Crippen molar-refractivity contribution in [2.45, 2.75) is 20.8 Å². The van der Waals surface area contributed by atoms with Crippen molar-refractivity contribution in [2.75, 3.05) is 11.4 Å². The molecule has 3 aromatic rings. The molecule has 0 spiro atoms. The Morgan fingerprint density at radius 1 is 1.18 bits per heavy atom. The van der Waals surface area contributed by atoms with Crippen molar-refractivity contribution < 1.29 is 4.79 Å². The number of pyridine rings is 1. The summed E-state index contributed by atoms with van der Waals surface area (Å²) in [5.41, 5.74) is 3.34. The number of rotatable bonds is 3. The van der Waals surface area contributed by atoms with Gasteiger partial charge in [0.2, 0.25) is 0 Å². The van der Waals surface area contributed by atoms with Crippen LogP contribution in [0.2, 0.25) is 0 Å². The lowest BCUT2D eigenvalue weighted by Crippen LogP contribution is -2.30.